The molecule has 1 amide bonds. The van der Waals surface area contributed by atoms with Gasteiger partial charge in [0.25, 0.3) is 5.91 Å². The Morgan fingerprint density at radius 3 is 2.46 bits per heavy atom. The predicted octanol–water partition coefficient (Wildman–Crippen LogP) is 3.58. The fraction of sp³-hybridized carbons (Fsp3) is 0.143. The smallest absolute Gasteiger partial charge is 0.342 e. The highest BCUT2D eigenvalue weighted by Gasteiger charge is 2.17. The number of amides is 1. The topological polar surface area (TPSA) is 75.6 Å². The first-order valence-electron chi connectivity index (χ1n) is 8.28. The van der Waals surface area contributed by atoms with E-state index in [-0.39, 0.29) is 17.4 Å². The van der Waals surface area contributed by atoms with Crippen LogP contribution in [0, 0.1) is 0 Å². The molecule has 3 aromatic rings. The monoisotopic (exact) mass is 349 g/mol. The van der Waals surface area contributed by atoms with Crippen molar-refractivity contribution < 1.29 is 19.4 Å². The Bertz CT molecular complexity index is 937. The van der Waals surface area contributed by atoms with Gasteiger partial charge in [0, 0.05) is 5.39 Å². The van der Waals surface area contributed by atoms with Crippen molar-refractivity contribution in [2.24, 2.45) is 0 Å². The molecule has 0 saturated carbocycles. The molecule has 0 fully saturated rings. The van der Waals surface area contributed by atoms with Crippen molar-refractivity contribution in [1.82, 2.24) is 5.32 Å². The molecule has 0 aromatic heterocycles. The van der Waals surface area contributed by atoms with Crippen LogP contribution in [0.2, 0.25) is 0 Å². The van der Waals surface area contributed by atoms with Crippen LogP contribution >= 0.6 is 0 Å². The largest absolute Gasteiger partial charge is 0.506 e. The maximum Gasteiger partial charge on any atom is 0.342 e. The number of hydrogen-bond acceptors (Lipinski definition) is 4. The van der Waals surface area contributed by atoms with Crippen LogP contribution in [-0.2, 0) is 9.53 Å². The van der Waals surface area contributed by atoms with Gasteiger partial charge in [-0.3, -0.25) is 4.79 Å². The van der Waals surface area contributed by atoms with Crippen LogP contribution < -0.4 is 5.32 Å². The number of nitrogens with one attached hydrogen (secondary N) is 1. The minimum atomic E-state index is -0.740. The second-order valence-corrected chi connectivity index (χ2v) is 5.96. The van der Waals surface area contributed by atoms with Gasteiger partial charge in [-0.25, -0.2) is 4.79 Å². The fourth-order valence-electron chi connectivity index (χ4n) is 2.74. The highest BCUT2D eigenvalue weighted by molar-refractivity contribution is 6.01. The van der Waals surface area contributed by atoms with Gasteiger partial charge < -0.3 is 15.2 Å². The average Bonchev–Trinajstić information content (AvgIpc) is 2.67. The summed E-state index contributed by atoms with van der Waals surface area (Å²) in [4.78, 5) is 24.2. The molecule has 0 heterocycles. The summed E-state index contributed by atoms with van der Waals surface area (Å²) in [5.41, 5.74) is 0.993. The lowest BCUT2D eigenvalue weighted by molar-refractivity contribution is -0.124. The van der Waals surface area contributed by atoms with E-state index in [1.165, 1.54) is 6.07 Å². The van der Waals surface area contributed by atoms with Crippen LogP contribution in [0.1, 0.15) is 28.9 Å². The third kappa shape index (κ3) is 3.83. The van der Waals surface area contributed by atoms with Gasteiger partial charge in [-0.1, -0.05) is 60.7 Å². The number of phenolic OH excluding ortho intramolecular Hbond substituents is 1. The standard InChI is InChI=1S/C21H19NO4/c1-14(15-7-3-2-4-8-15)22-19(23)13-26-21(25)18-12-11-16-9-5-6-10-17(16)20(18)24/h2-12,14,24H,13H2,1H3,(H,22,23). The molecule has 1 atom stereocenters. The second-order valence-electron chi connectivity index (χ2n) is 5.96. The van der Waals surface area contributed by atoms with Gasteiger partial charge >= 0.3 is 5.97 Å². The number of esters is 1. The summed E-state index contributed by atoms with van der Waals surface area (Å²) in [5.74, 6) is -1.29. The lowest BCUT2D eigenvalue weighted by Gasteiger charge is -2.14. The van der Waals surface area contributed by atoms with Crippen LogP contribution in [0.5, 0.6) is 5.75 Å². The average molecular weight is 349 g/mol. The molecule has 1 unspecified atom stereocenters. The summed E-state index contributed by atoms with van der Waals surface area (Å²) in [7, 11) is 0. The van der Waals surface area contributed by atoms with Gasteiger partial charge in [-0.2, -0.15) is 0 Å². The van der Waals surface area contributed by atoms with E-state index < -0.39 is 18.5 Å². The van der Waals surface area contributed by atoms with Crippen molar-refractivity contribution in [3.8, 4) is 5.75 Å². The molecule has 5 nitrogen and oxygen atoms in total. The lowest BCUT2D eigenvalue weighted by atomic mass is 10.1. The Kier molecular flexibility index (Phi) is 5.17. The van der Waals surface area contributed by atoms with Gasteiger partial charge in [0.2, 0.25) is 0 Å². The summed E-state index contributed by atoms with van der Waals surface area (Å²) in [5, 5.41) is 14.4. The highest BCUT2D eigenvalue weighted by atomic mass is 16.5. The van der Waals surface area contributed by atoms with E-state index in [1.54, 1.807) is 18.2 Å². The molecule has 0 saturated heterocycles. The predicted molar refractivity (Wildman–Crippen MR) is 98.9 cm³/mol. The minimum Gasteiger partial charge on any atom is -0.506 e. The van der Waals surface area contributed by atoms with Crippen molar-refractivity contribution in [3.63, 3.8) is 0 Å². The lowest BCUT2D eigenvalue weighted by Crippen LogP contribution is -2.31. The summed E-state index contributed by atoms with van der Waals surface area (Å²) >= 11 is 0. The fourth-order valence-corrected chi connectivity index (χ4v) is 2.74. The Balaban J connectivity index is 1.62. The molecular weight excluding hydrogens is 330 g/mol. The number of rotatable bonds is 5. The summed E-state index contributed by atoms with van der Waals surface area (Å²) < 4.78 is 5.05. The Labute approximate surface area is 151 Å². The van der Waals surface area contributed by atoms with E-state index in [9.17, 15) is 14.7 Å². The molecule has 0 radical (unpaired) electrons. The number of carbonyl (C=O) groups is 2. The number of fused-ring (bicyclic) bond motifs is 1. The Morgan fingerprint density at radius 2 is 1.69 bits per heavy atom. The first kappa shape index (κ1) is 17.5. The van der Waals surface area contributed by atoms with Gasteiger partial charge in [-0.05, 0) is 23.9 Å². The van der Waals surface area contributed by atoms with Crippen LogP contribution in [0.3, 0.4) is 0 Å². The molecule has 0 spiro atoms. The first-order valence-corrected chi connectivity index (χ1v) is 8.28. The van der Waals surface area contributed by atoms with Gasteiger partial charge in [-0.15, -0.1) is 0 Å². The van der Waals surface area contributed by atoms with Crippen LogP contribution in [0.4, 0.5) is 0 Å². The number of carbonyl (C=O) groups excluding carboxylic acids is 2. The Hall–Kier alpha value is -3.34. The van der Waals surface area contributed by atoms with Gasteiger partial charge in [0.1, 0.15) is 11.3 Å². The summed E-state index contributed by atoms with van der Waals surface area (Å²) in [6.45, 7) is 1.44. The Morgan fingerprint density at radius 1 is 1.00 bits per heavy atom. The van der Waals surface area contributed by atoms with Crippen LogP contribution in [-0.4, -0.2) is 23.6 Å². The van der Waals surface area contributed by atoms with Crippen molar-refractivity contribution in [1.29, 1.82) is 0 Å². The van der Waals surface area contributed by atoms with Gasteiger partial charge in [0.15, 0.2) is 6.61 Å². The quantitative estimate of drug-likeness (QED) is 0.691. The molecule has 3 aromatic carbocycles. The van der Waals surface area contributed by atoms with E-state index in [2.05, 4.69) is 5.32 Å². The second kappa shape index (κ2) is 7.70. The van der Waals surface area contributed by atoms with E-state index in [0.717, 1.165) is 10.9 Å². The number of phenols is 1. The minimum absolute atomic E-state index is 0.0348. The molecule has 3 rings (SSSR count). The maximum atomic E-state index is 12.2. The molecular formula is C21H19NO4. The SMILES string of the molecule is CC(NC(=O)COC(=O)c1ccc2ccccc2c1O)c1ccccc1. The zero-order valence-electron chi connectivity index (χ0n) is 14.3. The van der Waals surface area contributed by atoms with Crippen molar-refractivity contribution >= 4 is 22.6 Å². The molecule has 26 heavy (non-hydrogen) atoms. The van der Waals surface area contributed by atoms with Crippen molar-refractivity contribution in [2.45, 2.75) is 13.0 Å². The molecule has 5 heteroatoms. The number of benzene rings is 3. The number of ether oxygens (including phenoxy) is 1. The third-order valence-electron chi connectivity index (χ3n) is 4.13. The normalized spacial score (nSPS) is 11.7. The molecule has 0 aliphatic carbocycles. The van der Waals surface area contributed by atoms with E-state index >= 15 is 0 Å². The summed E-state index contributed by atoms with van der Waals surface area (Å²) in [6.07, 6.45) is 0. The molecule has 2 N–H and O–H groups in total. The van der Waals surface area contributed by atoms with Crippen LogP contribution in [0.25, 0.3) is 10.8 Å². The van der Waals surface area contributed by atoms with E-state index in [4.69, 9.17) is 4.74 Å². The number of aromatic hydroxyl groups is 1. The highest BCUT2D eigenvalue weighted by Crippen LogP contribution is 2.28. The molecule has 0 bridgehead atoms. The van der Waals surface area contributed by atoms with Crippen molar-refractivity contribution in [2.75, 3.05) is 6.61 Å². The zero-order valence-corrected chi connectivity index (χ0v) is 14.3. The van der Waals surface area contributed by atoms with E-state index in [1.807, 2.05) is 49.4 Å². The van der Waals surface area contributed by atoms with Crippen LogP contribution in [0.15, 0.2) is 66.7 Å². The molecule has 0 aliphatic heterocycles. The van der Waals surface area contributed by atoms with Crippen molar-refractivity contribution in [3.05, 3.63) is 77.9 Å². The molecule has 0 aliphatic rings. The number of hydrogen-bond donors (Lipinski definition) is 2. The summed E-state index contributed by atoms with van der Waals surface area (Å²) in [6, 6.07) is 19.7. The van der Waals surface area contributed by atoms with E-state index in [0.29, 0.717) is 5.39 Å². The first-order chi connectivity index (χ1) is 12.6. The van der Waals surface area contributed by atoms with Gasteiger partial charge in [0.05, 0.1) is 6.04 Å². The molecule has 132 valence electrons. The zero-order chi connectivity index (χ0) is 18.5. The third-order valence-corrected chi connectivity index (χ3v) is 4.13. The maximum absolute atomic E-state index is 12.2.